The third-order valence-corrected chi connectivity index (χ3v) is 2.00. The van der Waals surface area contributed by atoms with Gasteiger partial charge in [-0.3, -0.25) is 0 Å². The molecule has 0 fully saturated rings. The molecule has 0 aliphatic heterocycles. The third kappa shape index (κ3) is 1.29. The van der Waals surface area contributed by atoms with Crippen molar-refractivity contribution >= 4 is 21.5 Å². The van der Waals surface area contributed by atoms with Crippen LogP contribution in [0.5, 0.6) is 0 Å². The van der Waals surface area contributed by atoms with Crippen LogP contribution in [-0.4, -0.2) is 15.3 Å². The second-order valence-electron chi connectivity index (χ2n) is 2.11. The van der Waals surface area contributed by atoms with Crippen molar-refractivity contribution in [1.29, 1.82) is 0 Å². The number of imidazole rings is 1. The topological polar surface area (TPSA) is 28.7 Å². The Morgan fingerprint density at radius 2 is 2.60 bits per heavy atom. The second-order valence-corrected chi connectivity index (χ2v) is 2.67. The van der Waals surface area contributed by atoms with Gasteiger partial charge in [0.1, 0.15) is 0 Å². The molecule has 0 aliphatic rings. The first kappa shape index (κ1) is 7.54. The summed E-state index contributed by atoms with van der Waals surface area (Å²) < 4.78 is 0. The van der Waals surface area contributed by atoms with Gasteiger partial charge in [0.15, 0.2) is 0 Å². The Morgan fingerprint density at radius 1 is 1.90 bits per heavy atom. The van der Waals surface area contributed by atoms with Crippen LogP contribution in [0, 0.1) is 6.92 Å². The van der Waals surface area contributed by atoms with Crippen LogP contribution in [0.15, 0.2) is 12.9 Å². The number of nitrogens with one attached hydrogen (secondary N) is 1. The van der Waals surface area contributed by atoms with Gasteiger partial charge in [-0.1, -0.05) is 22.5 Å². The van der Waals surface area contributed by atoms with Gasteiger partial charge in [-0.25, -0.2) is 4.98 Å². The summed E-state index contributed by atoms with van der Waals surface area (Å²) in [5, 5.41) is 0.776. The van der Waals surface area contributed by atoms with Gasteiger partial charge >= 0.3 is 0 Å². The number of hydrogen-bond donors (Lipinski definition) is 1. The second kappa shape index (κ2) is 3.01. The van der Waals surface area contributed by atoms with E-state index in [4.69, 9.17) is 0 Å². The lowest BCUT2D eigenvalue weighted by molar-refractivity contribution is 1.25. The van der Waals surface area contributed by atoms with Crippen LogP contribution in [0.4, 0.5) is 0 Å². The minimum absolute atomic E-state index is 0.776. The summed E-state index contributed by atoms with van der Waals surface area (Å²) in [6, 6.07) is 0. The van der Waals surface area contributed by atoms with Gasteiger partial charge in [0, 0.05) is 11.0 Å². The van der Waals surface area contributed by atoms with Gasteiger partial charge < -0.3 is 4.98 Å². The van der Waals surface area contributed by atoms with E-state index in [-0.39, 0.29) is 0 Å². The molecule has 3 heteroatoms. The first-order valence-corrected chi connectivity index (χ1v) is 4.12. The molecule has 0 saturated carbocycles. The maximum absolute atomic E-state index is 4.10. The van der Waals surface area contributed by atoms with Crippen LogP contribution >= 0.6 is 15.9 Å². The Hall–Kier alpha value is -0.570. The Kier molecular flexibility index (Phi) is 2.27. The number of aromatic amines is 1. The SMILES string of the molecule is C=C(CBr)c1nc[nH]c1C. The van der Waals surface area contributed by atoms with E-state index >= 15 is 0 Å². The quantitative estimate of drug-likeness (QED) is 0.729. The van der Waals surface area contributed by atoms with Crippen LogP contribution in [0.1, 0.15) is 11.4 Å². The third-order valence-electron chi connectivity index (χ3n) is 1.33. The van der Waals surface area contributed by atoms with Crippen molar-refractivity contribution in [3.05, 3.63) is 24.3 Å². The van der Waals surface area contributed by atoms with Gasteiger partial charge in [0.25, 0.3) is 0 Å². The highest BCUT2D eigenvalue weighted by Crippen LogP contribution is 2.13. The summed E-state index contributed by atoms with van der Waals surface area (Å²) in [6.07, 6.45) is 1.68. The number of hydrogen-bond acceptors (Lipinski definition) is 1. The molecular formula is C7H9BrN2. The molecule has 1 rings (SSSR count). The van der Waals surface area contributed by atoms with E-state index in [9.17, 15) is 0 Å². The zero-order valence-electron chi connectivity index (χ0n) is 5.82. The standard InChI is InChI=1S/C7H9BrN2/c1-5(3-8)7-6(2)9-4-10-7/h4H,1,3H2,2H3,(H,9,10). The van der Waals surface area contributed by atoms with Gasteiger partial charge in [0.05, 0.1) is 12.0 Å². The number of rotatable bonds is 2. The molecule has 10 heavy (non-hydrogen) atoms. The summed E-state index contributed by atoms with van der Waals surface area (Å²) >= 11 is 3.32. The summed E-state index contributed by atoms with van der Waals surface area (Å²) in [6.45, 7) is 5.83. The van der Waals surface area contributed by atoms with Gasteiger partial charge in [-0.05, 0) is 12.5 Å². The van der Waals surface area contributed by atoms with Crippen molar-refractivity contribution in [1.82, 2.24) is 9.97 Å². The summed E-state index contributed by atoms with van der Waals surface area (Å²) in [5.74, 6) is 0. The first-order valence-electron chi connectivity index (χ1n) is 2.99. The molecular weight excluding hydrogens is 192 g/mol. The van der Waals surface area contributed by atoms with Gasteiger partial charge in [-0.2, -0.15) is 0 Å². The molecule has 2 nitrogen and oxygen atoms in total. The van der Waals surface area contributed by atoms with Crippen LogP contribution in [0.3, 0.4) is 0 Å². The van der Waals surface area contributed by atoms with Crippen molar-refractivity contribution in [2.75, 3.05) is 5.33 Å². The number of nitrogens with zero attached hydrogens (tertiary/aromatic N) is 1. The highest BCUT2D eigenvalue weighted by molar-refractivity contribution is 9.09. The molecule has 0 unspecified atom stereocenters. The Morgan fingerprint density at radius 3 is 3.00 bits per heavy atom. The Balaban J connectivity index is 2.93. The molecule has 0 atom stereocenters. The molecule has 54 valence electrons. The fourth-order valence-corrected chi connectivity index (χ4v) is 1.04. The van der Waals surface area contributed by atoms with Crippen molar-refractivity contribution in [2.24, 2.45) is 0 Å². The monoisotopic (exact) mass is 200 g/mol. The van der Waals surface area contributed by atoms with Crippen LogP contribution in [0.25, 0.3) is 5.57 Å². The van der Waals surface area contributed by atoms with Gasteiger partial charge in [0.2, 0.25) is 0 Å². The van der Waals surface area contributed by atoms with Crippen molar-refractivity contribution in [3.63, 3.8) is 0 Å². The van der Waals surface area contributed by atoms with E-state index < -0.39 is 0 Å². The lowest BCUT2D eigenvalue weighted by atomic mass is 10.2. The zero-order chi connectivity index (χ0) is 7.56. The number of allylic oxidation sites excluding steroid dienone is 1. The fraction of sp³-hybridized carbons (Fsp3) is 0.286. The fourth-order valence-electron chi connectivity index (χ4n) is 0.779. The molecule has 0 spiro atoms. The predicted octanol–water partition coefficient (Wildman–Crippen LogP) is 2.13. The maximum atomic E-state index is 4.10. The number of aromatic nitrogens is 2. The molecule has 0 amide bonds. The highest BCUT2D eigenvalue weighted by atomic mass is 79.9. The first-order chi connectivity index (χ1) is 4.75. The molecule has 1 heterocycles. The normalized spacial score (nSPS) is 9.80. The minimum Gasteiger partial charge on any atom is -0.348 e. The van der Waals surface area contributed by atoms with E-state index in [1.807, 2.05) is 6.92 Å². The average Bonchev–Trinajstić information content (AvgIpc) is 2.34. The largest absolute Gasteiger partial charge is 0.348 e. The molecule has 0 bridgehead atoms. The van der Waals surface area contributed by atoms with E-state index in [0.29, 0.717) is 0 Å². The molecule has 0 aromatic carbocycles. The van der Waals surface area contributed by atoms with E-state index in [0.717, 1.165) is 22.3 Å². The summed E-state index contributed by atoms with van der Waals surface area (Å²) in [5.41, 5.74) is 3.06. The number of aryl methyl sites for hydroxylation is 1. The lowest BCUT2D eigenvalue weighted by Crippen LogP contribution is -1.86. The van der Waals surface area contributed by atoms with E-state index in [2.05, 4.69) is 32.5 Å². The lowest BCUT2D eigenvalue weighted by Gasteiger charge is -1.95. The van der Waals surface area contributed by atoms with Crippen LogP contribution < -0.4 is 0 Å². The predicted molar refractivity (Wildman–Crippen MR) is 46.2 cm³/mol. The summed E-state index contributed by atoms with van der Waals surface area (Å²) in [4.78, 5) is 7.09. The molecule has 0 aliphatic carbocycles. The maximum Gasteiger partial charge on any atom is 0.0929 e. The minimum atomic E-state index is 0.776. The number of halogens is 1. The zero-order valence-corrected chi connectivity index (χ0v) is 7.40. The van der Waals surface area contributed by atoms with Crippen LogP contribution in [0.2, 0.25) is 0 Å². The molecule has 0 radical (unpaired) electrons. The highest BCUT2D eigenvalue weighted by Gasteiger charge is 2.02. The summed E-state index contributed by atoms with van der Waals surface area (Å²) in [7, 11) is 0. The molecule has 1 N–H and O–H groups in total. The van der Waals surface area contributed by atoms with Crippen molar-refractivity contribution in [3.8, 4) is 0 Å². The van der Waals surface area contributed by atoms with E-state index in [1.165, 1.54) is 0 Å². The Labute approximate surface area is 68.5 Å². The molecule has 1 aromatic heterocycles. The Bertz CT molecular complexity index is 240. The van der Waals surface area contributed by atoms with E-state index in [1.54, 1.807) is 6.33 Å². The van der Waals surface area contributed by atoms with Crippen LogP contribution in [-0.2, 0) is 0 Å². The smallest absolute Gasteiger partial charge is 0.0929 e. The van der Waals surface area contributed by atoms with Crippen molar-refractivity contribution in [2.45, 2.75) is 6.92 Å². The van der Waals surface area contributed by atoms with Gasteiger partial charge in [-0.15, -0.1) is 0 Å². The average molecular weight is 201 g/mol. The molecule has 1 aromatic rings. The number of alkyl halides is 1. The number of H-pyrrole nitrogens is 1. The molecule has 0 saturated heterocycles. The van der Waals surface area contributed by atoms with Crippen molar-refractivity contribution < 1.29 is 0 Å².